The Kier molecular flexibility index (Phi) is 4.51. The van der Waals surface area contributed by atoms with Gasteiger partial charge in [0.25, 0.3) is 5.91 Å². The van der Waals surface area contributed by atoms with E-state index in [4.69, 9.17) is 10.9 Å². The molecule has 0 saturated heterocycles. The first-order valence-corrected chi connectivity index (χ1v) is 6.28. The van der Waals surface area contributed by atoms with E-state index in [0.717, 1.165) is 0 Å². The Labute approximate surface area is 122 Å². The van der Waals surface area contributed by atoms with Crippen LogP contribution in [0.5, 0.6) is 0 Å². The zero-order valence-corrected chi connectivity index (χ0v) is 11.8. The lowest BCUT2D eigenvalue weighted by molar-refractivity contribution is 0.0958. The number of anilines is 1. The van der Waals surface area contributed by atoms with Crippen molar-refractivity contribution < 1.29 is 9.32 Å². The number of hydrogen-bond acceptors (Lipinski definition) is 6. The molecule has 7 heteroatoms. The molecule has 2 heterocycles. The van der Waals surface area contributed by atoms with Crippen LogP contribution in [-0.2, 0) is 6.54 Å². The quantitative estimate of drug-likeness (QED) is 0.817. The van der Waals surface area contributed by atoms with Crippen LogP contribution in [0.25, 0.3) is 0 Å². The second-order valence-corrected chi connectivity index (χ2v) is 4.38. The molecule has 0 atom stereocenters. The predicted molar refractivity (Wildman–Crippen MR) is 76.5 cm³/mol. The van der Waals surface area contributed by atoms with Crippen LogP contribution in [-0.4, -0.2) is 34.6 Å². The summed E-state index contributed by atoms with van der Waals surface area (Å²) in [6, 6.07) is 3.43. The molecule has 0 aromatic carbocycles. The molecule has 7 nitrogen and oxygen atoms in total. The fourth-order valence-electron chi connectivity index (χ4n) is 1.68. The lowest BCUT2D eigenvalue weighted by Crippen LogP contribution is -2.24. The molecule has 0 bridgehead atoms. The molecule has 0 unspecified atom stereocenters. The highest BCUT2D eigenvalue weighted by Crippen LogP contribution is 2.12. The van der Waals surface area contributed by atoms with Gasteiger partial charge in [-0.15, -0.1) is 6.42 Å². The van der Waals surface area contributed by atoms with Crippen molar-refractivity contribution >= 4 is 11.7 Å². The fraction of sp³-hybridized carbons (Fsp3) is 0.286. The molecule has 0 spiro atoms. The van der Waals surface area contributed by atoms with E-state index in [0.29, 0.717) is 29.6 Å². The molecular formula is C14H15N5O2. The number of rotatable bonds is 5. The number of aryl methyl sites for hydroxylation is 1. The van der Waals surface area contributed by atoms with E-state index in [9.17, 15) is 4.79 Å². The van der Waals surface area contributed by atoms with Crippen LogP contribution in [0.15, 0.2) is 22.9 Å². The molecule has 108 valence electrons. The molecule has 0 radical (unpaired) electrons. The fourth-order valence-corrected chi connectivity index (χ4v) is 1.68. The molecule has 0 aliphatic carbocycles. The summed E-state index contributed by atoms with van der Waals surface area (Å²) in [5.41, 5.74) is 0.456. The van der Waals surface area contributed by atoms with Crippen LogP contribution in [0.4, 0.5) is 5.82 Å². The number of amides is 1. The largest absolute Gasteiger partial charge is 0.352 e. The van der Waals surface area contributed by atoms with Gasteiger partial charge in [0.15, 0.2) is 5.82 Å². The van der Waals surface area contributed by atoms with Crippen molar-refractivity contribution in [3.63, 3.8) is 0 Å². The highest BCUT2D eigenvalue weighted by atomic mass is 16.5. The van der Waals surface area contributed by atoms with Gasteiger partial charge in [0.2, 0.25) is 5.89 Å². The maximum atomic E-state index is 11.7. The van der Waals surface area contributed by atoms with Gasteiger partial charge >= 0.3 is 0 Å². The summed E-state index contributed by atoms with van der Waals surface area (Å²) >= 11 is 0. The van der Waals surface area contributed by atoms with Gasteiger partial charge in [-0.25, -0.2) is 4.98 Å². The summed E-state index contributed by atoms with van der Waals surface area (Å²) in [4.78, 5) is 21.9. The number of hydrogen-bond donors (Lipinski definition) is 1. The molecular weight excluding hydrogens is 270 g/mol. The van der Waals surface area contributed by atoms with Gasteiger partial charge in [0, 0.05) is 20.2 Å². The summed E-state index contributed by atoms with van der Waals surface area (Å²) in [6.07, 6.45) is 6.59. The molecule has 1 N–H and O–H groups in total. The van der Waals surface area contributed by atoms with E-state index in [1.165, 1.54) is 6.20 Å². The van der Waals surface area contributed by atoms with Gasteiger partial charge in [-0.1, -0.05) is 11.1 Å². The smallest absolute Gasteiger partial charge is 0.253 e. The van der Waals surface area contributed by atoms with Gasteiger partial charge in [0.05, 0.1) is 18.7 Å². The van der Waals surface area contributed by atoms with Crippen LogP contribution in [0, 0.1) is 19.3 Å². The normalized spacial score (nSPS) is 9.95. The summed E-state index contributed by atoms with van der Waals surface area (Å²) < 4.78 is 4.91. The van der Waals surface area contributed by atoms with Crippen molar-refractivity contribution in [3.05, 3.63) is 35.6 Å². The van der Waals surface area contributed by atoms with Gasteiger partial charge in [-0.3, -0.25) is 4.79 Å². The topological polar surface area (TPSA) is 84.2 Å². The van der Waals surface area contributed by atoms with Crippen LogP contribution in [0.1, 0.15) is 22.1 Å². The number of nitrogens with zero attached hydrogens (tertiary/aromatic N) is 4. The summed E-state index contributed by atoms with van der Waals surface area (Å²) in [5, 5.41) is 6.40. The number of terminal acetylenes is 1. The van der Waals surface area contributed by atoms with Crippen LogP contribution in [0.3, 0.4) is 0 Å². The molecule has 2 aromatic heterocycles. The zero-order chi connectivity index (χ0) is 15.2. The van der Waals surface area contributed by atoms with E-state index >= 15 is 0 Å². The second kappa shape index (κ2) is 6.52. The van der Waals surface area contributed by atoms with Gasteiger partial charge in [0.1, 0.15) is 5.82 Å². The van der Waals surface area contributed by atoms with E-state index in [-0.39, 0.29) is 12.5 Å². The van der Waals surface area contributed by atoms with Crippen LogP contribution >= 0.6 is 0 Å². The third kappa shape index (κ3) is 3.79. The molecule has 21 heavy (non-hydrogen) atoms. The van der Waals surface area contributed by atoms with Gasteiger partial charge < -0.3 is 14.7 Å². The van der Waals surface area contributed by atoms with Gasteiger partial charge in [-0.05, 0) is 12.1 Å². The van der Waals surface area contributed by atoms with E-state index in [2.05, 4.69) is 26.4 Å². The first-order chi connectivity index (χ1) is 10.1. The SMILES string of the molecule is C#CCNC(=O)c1ccc(N(C)Cc2noc(C)n2)nc1. The molecule has 2 rings (SSSR count). The molecule has 1 amide bonds. The Morgan fingerprint density at radius 3 is 2.90 bits per heavy atom. The third-order valence-corrected chi connectivity index (χ3v) is 2.70. The van der Waals surface area contributed by atoms with Crippen molar-refractivity contribution in [2.24, 2.45) is 0 Å². The first kappa shape index (κ1) is 14.5. The summed E-state index contributed by atoms with van der Waals surface area (Å²) in [5.74, 6) is 3.89. The zero-order valence-electron chi connectivity index (χ0n) is 11.8. The van der Waals surface area contributed by atoms with Crippen LogP contribution in [0.2, 0.25) is 0 Å². The highest BCUT2D eigenvalue weighted by molar-refractivity contribution is 5.94. The minimum absolute atomic E-state index is 0.192. The number of nitrogens with one attached hydrogen (secondary N) is 1. The number of aromatic nitrogens is 3. The van der Waals surface area contributed by atoms with Crippen molar-refractivity contribution in [1.29, 1.82) is 0 Å². The summed E-state index contributed by atoms with van der Waals surface area (Å²) in [7, 11) is 1.85. The maximum absolute atomic E-state index is 11.7. The molecule has 2 aromatic rings. The predicted octanol–water partition coefficient (Wildman–Crippen LogP) is 0.772. The third-order valence-electron chi connectivity index (χ3n) is 2.70. The Balaban J connectivity index is 2.01. The average Bonchev–Trinajstić information content (AvgIpc) is 2.90. The number of carbonyl (C=O) groups excluding carboxylic acids is 1. The Morgan fingerprint density at radius 1 is 1.52 bits per heavy atom. The number of carbonyl (C=O) groups is 1. The van der Waals surface area contributed by atoms with E-state index in [1.54, 1.807) is 19.1 Å². The minimum atomic E-state index is -0.247. The van der Waals surface area contributed by atoms with Crippen molar-refractivity contribution in [2.75, 3.05) is 18.5 Å². The lowest BCUT2D eigenvalue weighted by atomic mass is 10.2. The van der Waals surface area contributed by atoms with E-state index in [1.807, 2.05) is 11.9 Å². The minimum Gasteiger partial charge on any atom is -0.352 e. The lowest BCUT2D eigenvalue weighted by Gasteiger charge is -2.15. The standard InChI is InChI=1S/C14H15N5O2/c1-4-7-15-14(20)11-5-6-13(16-8-11)19(3)9-12-17-10(2)21-18-12/h1,5-6,8H,7,9H2,2-3H3,(H,15,20). The molecule has 0 fully saturated rings. The Hall–Kier alpha value is -2.88. The maximum Gasteiger partial charge on any atom is 0.253 e. The summed E-state index contributed by atoms with van der Waals surface area (Å²) in [6.45, 7) is 2.39. The van der Waals surface area contributed by atoms with Gasteiger partial charge in [-0.2, -0.15) is 4.98 Å². The highest BCUT2D eigenvalue weighted by Gasteiger charge is 2.10. The molecule has 0 aliphatic heterocycles. The second-order valence-electron chi connectivity index (χ2n) is 4.38. The Morgan fingerprint density at radius 2 is 2.33 bits per heavy atom. The monoisotopic (exact) mass is 285 g/mol. The van der Waals surface area contributed by atoms with Crippen molar-refractivity contribution in [3.8, 4) is 12.3 Å². The molecule has 0 saturated carbocycles. The first-order valence-electron chi connectivity index (χ1n) is 6.28. The van der Waals surface area contributed by atoms with Crippen molar-refractivity contribution in [2.45, 2.75) is 13.5 Å². The van der Waals surface area contributed by atoms with Crippen LogP contribution < -0.4 is 10.2 Å². The number of pyridine rings is 1. The van der Waals surface area contributed by atoms with Crippen molar-refractivity contribution in [1.82, 2.24) is 20.4 Å². The Bertz CT molecular complexity index is 657. The molecule has 0 aliphatic rings. The van der Waals surface area contributed by atoms with E-state index < -0.39 is 0 Å². The average molecular weight is 285 g/mol.